The molecule has 0 saturated heterocycles. The lowest BCUT2D eigenvalue weighted by Crippen LogP contribution is -2.23. The topological polar surface area (TPSA) is 26.3 Å². The van der Waals surface area contributed by atoms with Crippen molar-refractivity contribution in [2.45, 2.75) is 25.2 Å². The minimum Gasteiger partial charge on any atom is -0.465 e. The van der Waals surface area contributed by atoms with Gasteiger partial charge in [0.15, 0.2) is 0 Å². The van der Waals surface area contributed by atoms with Crippen LogP contribution in [0.1, 0.15) is 25.3 Å². The number of benzene rings is 1. The second kappa shape index (κ2) is 4.17. The zero-order valence-electron chi connectivity index (χ0n) is 8.93. The molecule has 0 N–H and O–H groups in total. The van der Waals surface area contributed by atoms with Crippen molar-refractivity contribution in [3.05, 3.63) is 34.1 Å². The Labute approximate surface area is 102 Å². The van der Waals surface area contributed by atoms with Gasteiger partial charge in [0.25, 0.3) is 0 Å². The van der Waals surface area contributed by atoms with Crippen LogP contribution in [0.3, 0.4) is 0 Å². The predicted octanol–water partition coefficient (Wildman–Crippen LogP) is 3.18. The summed E-state index contributed by atoms with van der Waals surface area (Å²) >= 11 is 3.13. The van der Waals surface area contributed by atoms with E-state index in [-0.39, 0.29) is 11.8 Å². The minimum atomic E-state index is -0.522. The van der Waals surface area contributed by atoms with Crippen molar-refractivity contribution in [3.8, 4) is 0 Å². The third-order valence-electron chi connectivity index (χ3n) is 2.89. The molecule has 86 valence electrons. The number of hydrogen-bond acceptors (Lipinski definition) is 2. The van der Waals surface area contributed by atoms with Crippen molar-refractivity contribution in [3.63, 3.8) is 0 Å². The molecule has 0 amide bonds. The van der Waals surface area contributed by atoms with Crippen molar-refractivity contribution in [2.24, 2.45) is 0 Å². The normalized spacial score (nSPS) is 16.9. The summed E-state index contributed by atoms with van der Waals surface area (Å²) in [6.07, 6.45) is 1.56. The number of rotatable bonds is 3. The summed E-state index contributed by atoms with van der Waals surface area (Å²) < 4.78 is 18.5. The molecule has 0 atom stereocenters. The lowest BCUT2D eigenvalue weighted by Gasteiger charge is -2.14. The van der Waals surface area contributed by atoms with E-state index in [2.05, 4.69) is 15.9 Å². The number of carbonyl (C=O) groups excluding carboxylic acids is 1. The Balaban J connectivity index is 2.30. The van der Waals surface area contributed by atoms with E-state index in [9.17, 15) is 9.18 Å². The largest absolute Gasteiger partial charge is 0.465 e. The molecule has 0 aromatic heterocycles. The van der Waals surface area contributed by atoms with Crippen LogP contribution in [0.25, 0.3) is 0 Å². The highest BCUT2D eigenvalue weighted by molar-refractivity contribution is 9.10. The van der Waals surface area contributed by atoms with Gasteiger partial charge in [0.2, 0.25) is 0 Å². The lowest BCUT2D eigenvalue weighted by molar-refractivity contribution is -0.146. The van der Waals surface area contributed by atoms with E-state index < -0.39 is 5.41 Å². The fourth-order valence-corrected chi connectivity index (χ4v) is 2.18. The maximum Gasteiger partial charge on any atom is 0.316 e. The quantitative estimate of drug-likeness (QED) is 0.798. The lowest BCUT2D eigenvalue weighted by atomic mass is 9.96. The highest BCUT2D eigenvalue weighted by Gasteiger charge is 2.52. The molecule has 1 aliphatic carbocycles. The summed E-state index contributed by atoms with van der Waals surface area (Å²) in [6.45, 7) is 2.16. The maximum absolute atomic E-state index is 13.1. The molecule has 1 fully saturated rings. The van der Waals surface area contributed by atoms with E-state index in [0.29, 0.717) is 11.1 Å². The summed E-state index contributed by atoms with van der Waals surface area (Å²) in [4.78, 5) is 11.8. The third-order valence-corrected chi connectivity index (χ3v) is 3.50. The molecule has 0 spiro atoms. The number of carbonyl (C=O) groups is 1. The van der Waals surface area contributed by atoms with Gasteiger partial charge in [-0.1, -0.05) is 6.07 Å². The minimum absolute atomic E-state index is 0.200. The number of hydrogen-bond donors (Lipinski definition) is 0. The van der Waals surface area contributed by atoms with Gasteiger partial charge in [-0.25, -0.2) is 4.39 Å². The monoisotopic (exact) mass is 286 g/mol. The highest BCUT2D eigenvalue weighted by Crippen LogP contribution is 2.49. The Morgan fingerprint density at radius 2 is 2.25 bits per heavy atom. The number of halogens is 2. The van der Waals surface area contributed by atoms with Crippen molar-refractivity contribution < 1.29 is 13.9 Å². The SMILES string of the molecule is CCOC(=O)C1(c2ccc(F)c(Br)c2)CC1. The Morgan fingerprint density at radius 3 is 2.75 bits per heavy atom. The van der Waals surface area contributed by atoms with Crippen LogP contribution >= 0.6 is 15.9 Å². The fraction of sp³-hybridized carbons (Fsp3) is 0.417. The molecule has 0 unspecified atom stereocenters. The van der Waals surface area contributed by atoms with E-state index >= 15 is 0 Å². The van der Waals surface area contributed by atoms with E-state index in [1.807, 2.05) is 0 Å². The smallest absolute Gasteiger partial charge is 0.316 e. The first-order valence-corrected chi connectivity index (χ1v) is 6.02. The Hall–Kier alpha value is -0.900. The van der Waals surface area contributed by atoms with Crippen molar-refractivity contribution in [2.75, 3.05) is 6.61 Å². The van der Waals surface area contributed by atoms with E-state index in [4.69, 9.17) is 4.74 Å². The summed E-state index contributed by atoms with van der Waals surface area (Å²) in [5, 5.41) is 0. The molecule has 0 radical (unpaired) electrons. The standard InChI is InChI=1S/C12H12BrFO2/c1-2-16-11(15)12(5-6-12)8-3-4-10(14)9(13)7-8/h3-4,7H,2,5-6H2,1H3. The van der Waals surface area contributed by atoms with Crippen LogP contribution in [-0.2, 0) is 14.9 Å². The van der Waals surface area contributed by atoms with Gasteiger partial charge in [-0.2, -0.15) is 0 Å². The van der Waals surface area contributed by atoms with Gasteiger partial charge < -0.3 is 4.74 Å². The number of ether oxygens (including phenoxy) is 1. The first kappa shape index (κ1) is 11.6. The van der Waals surface area contributed by atoms with Crippen LogP contribution < -0.4 is 0 Å². The summed E-state index contributed by atoms with van der Waals surface area (Å²) in [6, 6.07) is 4.70. The van der Waals surface area contributed by atoms with Gasteiger partial charge in [0, 0.05) is 0 Å². The fourth-order valence-electron chi connectivity index (χ4n) is 1.80. The van der Waals surface area contributed by atoms with Gasteiger partial charge in [-0.15, -0.1) is 0 Å². The second-order valence-corrected chi connectivity index (χ2v) is 4.79. The van der Waals surface area contributed by atoms with Gasteiger partial charge in [0.1, 0.15) is 5.82 Å². The number of esters is 1. The predicted molar refractivity (Wildman–Crippen MR) is 61.6 cm³/mol. The van der Waals surface area contributed by atoms with E-state index in [1.165, 1.54) is 6.07 Å². The molecule has 1 aliphatic rings. The molecule has 2 rings (SSSR count). The molecular weight excluding hydrogens is 275 g/mol. The average molecular weight is 287 g/mol. The zero-order valence-corrected chi connectivity index (χ0v) is 10.5. The van der Waals surface area contributed by atoms with Crippen molar-refractivity contribution in [1.82, 2.24) is 0 Å². The highest BCUT2D eigenvalue weighted by atomic mass is 79.9. The van der Waals surface area contributed by atoms with Crippen LogP contribution in [0.4, 0.5) is 4.39 Å². The van der Waals surface area contributed by atoms with Crippen LogP contribution in [0.2, 0.25) is 0 Å². The Bertz CT molecular complexity index is 427. The van der Waals surface area contributed by atoms with Gasteiger partial charge >= 0.3 is 5.97 Å². The summed E-state index contributed by atoms with van der Waals surface area (Å²) in [5.41, 5.74) is 0.311. The molecule has 2 nitrogen and oxygen atoms in total. The third kappa shape index (κ3) is 1.86. The summed E-state index contributed by atoms with van der Waals surface area (Å²) in [5.74, 6) is -0.517. The molecule has 0 heterocycles. The molecule has 0 aliphatic heterocycles. The molecular formula is C12H12BrFO2. The van der Waals surface area contributed by atoms with Gasteiger partial charge in [0.05, 0.1) is 16.5 Å². The van der Waals surface area contributed by atoms with E-state index in [0.717, 1.165) is 18.4 Å². The zero-order chi connectivity index (χ0) is 11.8. The molecule has 1 aromatic carbocycles. The maximum atomic E-state index is 13.1. The first-order valence-electron chi connectivity index (χ1n) is 5.23. The van der Waals surface area contributed by atoms with Crippen molar-refractivity contribution in [1.29, 1.82) is 0 Å². The van der Waals surface area contributed by atoms with Crippen LogP contribution in [0.5, 0.6) is 0 Å². The Morgan fingerprint density at radius 1 is 1.56 bits per heavy atom. The Kier molecular flexibility index (Phi) is 3.02. The molecule has 16 heavy (non-hydrogen) atoms. The van der Waals surface area contributed by atoms with Crippen LogP contribution in [-0.4, -0.2) is 12.6 Å². The molecule has 1 saturated carbocycles. The first-order chi connectivity index (χ1) is 7.60. The van der Waals surface area contributed by atoms with Gasteiger partial charge in [-0.3, -0.25) is 4.79 Å². The van der Waals surface area contributed by atoms with Crippen molar-refractivity contribution >= 4 is 21.9 Å². The summed E-state index contributed by atoms with van der Waals surface area (Å²) in [7, 11) is 0. The van der Waals surface area contributed by atoms with Gasteiger partial charge in [-0.05, 0) is 53.4 Å². The molecule has 0 bridgehead atoms. The average Bonchev–Trinajstić information content (AvgIpc) is 3.03. The van der Waals surface area contributed by atoms with Crippen LogP contribution in [0.15, 0.2) is 22.7 Å². The second-order valence-electron chi connectivity index (χ2n) is 3.93. The van der Waals surface area contributed by atoms with Crippen LogP contribution in [0, 0.1) is 5.82 Å². The van der Waals surface area contributed by atoms with E-state index in [1.54, 1.807) is 19.1 Å². The molecule has 4 heteroatoms. The molecule has 1 aromatic rings.